The minimum atomic E-state index is 0.493. The summed E-state index contributed by atoms with van der Waals surface area (Å²) in [6.45, 7) is 4.62. The first-order valence-corrected chi connectivity index (χ1v) is 5.45. The van der Waals surface area contributed by atoms with E-state index in [1.807, 2.05) is 0 Å². The van der Waals surface area contributed by atoms with E-state index in [0.29, 0.717) is 5.41 Å². The third kappa shape index (κ3) is 1.72. The first-order valence-electron chi connectivity index (χ1n) is 5.45. The van der Waals surface area contributed by atoms with Crippen LogP contribution in [0.1, 0.15) is 46.0 Å². The summed E-state index contributed by atoms with van der Waals surface area (Å²) >= 11 is 0. The molecule has 0 aromatic rings. The maximum Gasteiger partial charge on any atom is 0.00837 e. The normalized spacial score (nSPS) is 26.9. The van der Waals surface area contributed by atoms with Crippen molar-refractivity contribution >= 4 is 0 Å². The zero-order valence-corrected chi connectivity index (χ0v) is 8.77. The molecule has 0 saturated heterocycles. The molecule has 0 bridgehead atoms. The standard InChI is InChI=1S/C13H19/c1-11-6-7-12(10-11)13(2)8-4-3-5-9-13/h6-7,10H,3-5,8-9H2,1-2H3. The molecule has 2 rings (SSSR count). The van der Waals surface area contributed by atoms with Crippen LogP contribution in [0.2, 0.25) is 0 Å². The Morgan fingerprint density at radius 2 is 1.85 bits per heavy atom. The highest BCUT2D eigenvalue weighted by molar-refractivity contribution is 5.43. The van der Waals surface area contributed by atoms with Crippen LogP contribution in [0.4, 0.5) is 0 Å². The molecule has 0 aliphatic heterocycles. The zero-order valence-electron chi connectivity index (χ0n) is 8.77. The maximum atomic E-state index is 2.43. The first-order chi connectivity index (χ1) is 6.21. The predicted molar refractivity (Wildman–Crippen MR) is 57.3 cm³/mol. The molecule has 1 radical (unpaired) electrons. The second kappa shape index (κ2) is 3.32. The Morgan fingerprint density at radius 3 is 2.38 bits per heavy atom. The Bertz CT molecular complexity index is 249. The van der Waals surface area contributed by atoms with Gasteiger partial charge in [-0.2, -0.15) is 0 Å². The van der Waals surface area contributed by atoms with E-state index in [-0.39, 0.29) is 0 Å². The summed E-state index contributed by atoms with van der Waals surface area (Å²) in [5.74, 6) is 0. The molecule has 0 N–H and O–H groups in total. The van der Waals surface area contributed by atoms with Gasteiger partial charge in [0.25, 0.3) is 0 Å². The van der Waals surface area contributed by atoms with Crippen molar-refractivity contribution in [2.24, 2.45) is 5.41 Å². The molecule has 1 fully saturated rings. The molecule has 1 saturated carbocycles. The lowest BCUT2D eigenvalue weighted by Crippen LogP contribution is -2.21. The molecule has 2 aliphatic carbocycles. The summed E-state index contributed by atoms with van der Waals surface area (Å²) in [6.07, 6.45) is 14.0. The van der Waals surface area contributed by atoms with Crippen molar-refractivity contribution in [1.29, 1.82) is 0 Å². The second-order valence-corrected chi connectivity index (χ2v) is 4.80. The molecule has 0 aromatic heterocycles. The molecule has 0 heterocycles. The van der Waals surface area contributed by atoms with Gasteiger partial charge in [0, 0.05) is 6.42 Å². The van der Waals surface area contributed by atoms with Crippen LogP contribution in [0.3, 0.4) is 0 Å². The summed E-state index contributed by atoms with van der Waals surface area (Å²) in [7, 11) is 0. The van der Waals surface area contributed by atoms with E-state index in [0.717, 1.165) is 0 Å². The fourth-order valence-electron chi connectivity index (χ4n) is 2.56. The van der Waals surface area contributed by atoms with Gasteiger partial charge in [0.2, 0.25) is 0 Å². The average Bonchev–Trinajstić information content (AvgIpc) is 2.54. The van der Waals surface area contributed by atoms with Gasteiger partial charge in [-0.3, -0.25) is 0 Å². The van der Waals surface area contributed by atoms with Gasteiger partial charge < -0.3 is 0 Å². The lowest BCUT2D eigenvalue weighted by Gasteiger charge is -2.34. The summed E-state index contributed by atoms with van der Waals surface area (Å²) < 4.78 is 0. The van der Waals surface area contributed by atoms with Gasteiger partial charge in [-0.25, -0.2) is 0 Å². The highest BCUT2D eigenvalue weighted by Crippen LogP contribution is 2.44. The molecule has 0 aromatic carbocycles. The highest BCUT2D eigenvalue weighted by Gasteiger charge is 2.30. The van der Waals surface area contributed by atoms with E-state index < -0.39 is 0 Å². The molecule has 71 valence electrons. The molecule has 13 heavy (non-hydrogen) atoms. The molecule has 0 amide bonds. The van der Waals surface area contributed by atoms with Gasteiger partial charge in [-0.15, -0.1) is 0 Å². The summed E-state index contributed by atoms with van der Waals surface area (Å²) in [4.78, 5) is 0. The molecule has 0 spiro atoms. The Labute approximate surface area is 81.7 Å². The second-order valence-electron chi connectivity index (χ2n) is 4.80. The number of hydrogen-bond donors (Lipinski definition) is 0. The van der Waals surface area contributed by atoms with Crippen LogP contribution in [0, 0.1) is 11.8 Å². The minimum Gasteiger partial charge on any atom is -0.0727 e. The van der Waals surface area contributed by atoms with Gasteiger partial charge in [0.15, 0.2) is 0 Å². The third-order valence-electron chi connectivity index (χ3n) is 3.56. The van der Waals surface area contributed by atoms with Crippen LogP contribution < -0.4 is 0 Å². The third-order valence-corrected chi connectivity index (χ3v) is 3.56. The van der Waals surface area contributed by atoms with Crippen molar-refractivity contribution in [3.63, 3.8) is 0 Å². The topological polar surface area (TPSA) is 0 Å². The summed E-state index contributed by atoms with van der Waals surface area (Å²) in [5.41, 5.74) is 3.48. The number of rotatable bonds is 1. The predicted octanol–water partition coefficient (Wildman–Crippen LogP) is 4.05. The van der Waals surface area contributed by atoms with E-state index in [1.54, 1.807) is 5.57 Å². The van der Waals surface area contributed by atoms with Crippen molar-refractivity contribution in [2.45, 2.75) is 46.0 Å². The number of hydrogen-bond acceptors (Lipinski definition) is 0. The van der Waals surface area contributed by atoms with E-state index >= 15 is 0 Å². The Morgan fingerprint density at radius 1 is 1.15 bits per heavy atom. The zero-order chi connectivity index (χ0) is 9.31. The maximum absolute atomic E-state index is 2.43. The fourth-order valence-corrected chi connectivity index (χ4v) is 2.56. The highest BCUT2D eigenvalue weighted by atomic mass is 14.3. The van der Waals surface area contributed by atoms with E-state index in [2.05, 4.69) is 32.4 Å². The quantitative estimate of drug-likeness (QED) is 0.564. The number of allylic oxidation sites excluding steroid dienone is 4. The van der Waals surface area contributed by atoms with Gasteiger partial charge in [-0.05, 0) is 30.8 Å². The molecule has 0 nitrogen and oxygen atoms in total. The average molecular weight is 175 g/mol. The van der Waals surface area contributed by atoms with Gasteiger partial charge in [0.05, 0.1) is 0 Å². The lowest BCUT2D eigenvalue weighted by atomic mass is 9.71. The Hall–Kier alpha value is -0.520. The van der Waals surface area contributed by atoms with E-state index in [1.165, 1.54) is 37.7 Å². The molecular weight excluding hydrogens is 156 g/mol. The monoisotopic (exact) mass is 175 g/mol. The Kier molecular flexibility index (Phi) is 2.31. The lowest BCUT2D eigenvalue weighted by molar-refractivity contribution is 0.273. The first kappa shape index (κ1) is 9.05. The molecule has 0 unspecified atom stereocenters. The summed E-state index contributed by atoms with van der Waals surface area (Å²) in [6, 6.07) is 0. The van der Waals surface area contributed by atoms with Crippen LogP contribution >= 0.6 is 0 Å². The van der Waals surface area contributed by atoms with Crippen molar-refractivity contribution < 1.29 is 0 Å². The van der Waals surface area contributed by atoms with E-state index in [4.69, 9.17) is 0 Å². The minimum absolute atomic E-state index is 0.493. The fraction of sp³-hybridized carbons (Fsp3) is 0.615. The Balaban J connectivity index is 2.14. The van der Waals surface area contributed by atoms with Crippen LogP contribution in [0.5, 0.6) is 0 Å². The smallest absolute Gasteiger partial charge is 0.00837 e. The molecule has 0 atom stereocenters. The molecular formula is C13H19. The van der Waals surface area contributed by atoms with Crippen LogP contribution in [-0.2, 0) is 0 Å². The SMILES string of the molecule is CC1=CC(C2(C)CCCCC2)=C[CH]1. The van der Waals surface area contributed by atoms with Crippen molar-refractivity contribution in [3.05, 3.63) is 29.7 Å². The largest absolute Gasteiger partial charge is 0.0727 e. The van der Waals surface area contributed by atoms with Crippen molar-refractivity contribution in [3.8, 4) is 0 Å². The van der Waals surface area contributed by atoms with Gasteiger partial charge in [-0.1, -0.05) is 43.9 Å². The summed E-state index contributed by atoms with van der Waals surface area (Å²) in [5, 5.41) is 0. The van der Waals surface area contributed by atoms with Crippen LogP contribution in [-0.4, -0.2) is 0 Å². The van der Waals surface area contributed by atoms with Crippen LogP contribution in [0.25, 0.3) is 0 Å². The van der Waals surface area contributed by atoms with Gasteiger partial charge >= 0.3 is 0 Å². The van der Waals surface area contributed by atoms with Crippen molar-refractivity contribution in [1.82, 2.24) is 0 Å². The van der Waals surface area contributed by atoms with Gasteiger partial charge in [0.1, 0.15) is 0 Å². The van der Waals surface area contributed by atoms with E-state index in [9.17, 15) is 0 Å². The molecule has 2 aliphatic rings. The molecule has 0 heteroatoms. The van der Waals surface area contributed by atoms with Crippen molar-refractivity contribution in [2.75, 3.05) is 0 Å². The van der Waals surface area contributed by atoms with Crippen LogP contribution in [0.15, 0.2) is 23.3 Å².